The van der Waals surface area contributed by atoms with Gasteiger partial charge in [-0.15, -0.1) is 0 Å². The maximum absolute atomic E-state index is 12.5. The lowest BCUT2D eigenvalue weighted by Gasteiger charge is -2.22. The number of hydrogen-bond donors (Lipinski definition) is 3. The number of rotatable bonds is 50. The van der Waals surface area contributed by atoms with E-state index in [1.165, 1.54) is 186 Å². The summed E-state index contributed by atoms with van der Waals surface area (Å²) in [5, 5.41) is 23.3. The van der Waals surface area contributed by atoms with Crippen LogP contribution in [-0.4, -0.2) is 47.4 Å². The molecular formula is C55H105NO5. The van der Waals surface area contributed by atoms with Crippen LogP contribution in [0.4, 0.5) is 0 Å². The van der Waals surface area contributed by atoms with Crippen LogP contribution in [0.15, 0.2) is 24.3 Å². The molecule has 0 spiro atoms. The molecule has 0 bridgehead atoms. The van der Waals surface area contributed by atoms with Crippen LogP contribution < -0.4 is 5.32 Å². The van der Waals surface area contributed by atoms with Crippen LogP contribution in [0, 0.1) is 0 Å². The Balaban J connectivity index is 3.48. The lowest BCUT2D eigenvalue weighted by atomic mass is 10.0. The van der Waals surface area contributed by atoms with Gasteiger partial charge in [-0.1, -0.05) is 244 Å². The van der Waals surface area contributed by atoms with Gasteiger partial charge < -0.3 is 20.3 Å². The van der Waals surface area contributed by atoms with Crippen molar-refractivity contribution in [2.75, 3.05) is 13.2 Å². The standard InChI is InChI=1S/C55H105NO5/c1-3-5-7-9-11-13-15-17-19-21-22-24-27-31-35-39-43-47-53(58)52(51-57)56-54(59)48-44-40-36-32-28-26-30-34-38-42-46-50-61-55(60)49-45-41-37-33-29-25-23-20-18-16-14-12-10-8-6-4-2/h14,16,20,23,52-53,57-58H,3-13,15,17-19,21-22,24-51H2,1-2H3,(H,56,59)/b16-14-,23-20-. The summed E-state index contributed by atoms with van der Waals surface area (Å²) in [5.41, 5.74) is 0. The highest BCUT2D eigenvalue weighted by atomic mass is 16.5. The van der Waals surface area contributed by atoms with E-state index in [9.17, 15) is 19.8 Å². The smallest absolute Gasteiger partial charge is 0.305 e. The second-order valence-electron chi connectivity index (χ2n) is 18.6. The summed E-state index contributed by atoms with van der Waals surface area (Å²) in [6.07, 6.45) is 60.0. The minimum Gasteiger partial charge on any atom is -0.466 e. The van der Waals surface area contributed by atoms with Crippen molar-refractivity contribution < 1.29 is 24.5 Å². The van der Waals surface area contributed by atoms with Gasteiger partial charge >= 0.3 is 5.97 Å². The molecule has 6 heteroatoms. The minimum atomic E-state index is -0.677. The summed E-state index contributed by atoms with van der Waals surface area (Å²) in [4.78, 5) is 24.5. The molecule has 0 saturated carbocycles. The normalized spacial score (nSPS) is 12.8. The van der Waals surface area contributed by atoms with Crippen LogP contribution in [-0.2, 0) is 14.3 Å². The van der Waals surface area contributed by atoms with Crippen LogP contribution >= 0.6 is 0 Å². The average molecular weight is 860 g/mol. The monoisotopic (exact) mass is 860 g/mol. The summed E-state index contributed by atoms with van der Waals surface area (Å²) in [7, 11) is 0. The second-order valence-corrected chi connectivity index (χ2v) is 18.6. The van der Waals surface area contributed by atoms with Crippen molar-refractivity contribution in [1.82, 2.24) is 5.32 Å². The SMILES string of the molecule is CCCCCC/C=C\C/C=C\CCCCCCCC(=O)OCCCCCCCCCCCCCC(=O)NC(CO)C(O)CCCCCCCCCCCCCCCCCCC. The van der Waals surface area contributed by atoms with E-state index in [1.807, 2.05) is 0 Å². The average Bonchev–Trinajstić information content (AvgIpc) is 3.26. The number of carbonyl (C=O) groups is 2. The third-order valence-corrected chi connectivity index (χ3v) is 12.5. The van der Waals surface area contributed by atoms with Gasteiger partial charge in [0.05, 0.1) is 25.4 Å². The molecule has 0 fully saturated rings. The number of hydrogen-bond acceptors (Lipinski definition) is 5. The van der Waals surface area contributed by atoms with Gasteiger partial charge in [0.1, 0.15) is 0 Å². The molecule has 0 aromatic carbocycles. The van der Waals surface area contributed by atoms with Crippen molar-refractivity contribution in [3.63, 3.8) is 0 Å². The predicted octanol–water partition coefficient (Wildman–Crippen LogP) is 16.3. The van der Waals surface area contributed by atoms with E-state index in [1.54, 1.807) is 0 Å². The first-order valence-corrected chi connectivity index (χ1v) is 27.1. The fourth-order valence-electron chi connectivity index (χ4n) is 8.32. The Labute approximate surface area is 380 Å². The third kappa shape index (κ3) is 47.7. The van der Waals surface area contributed by atoms with Crippen LogP contribution in [0.2, 0.25) is 0 Å². The Hall–Kier alpha value is -1.66. The van der Waals surface area contributed by atoms with E-state index in [2.05, 4.69) is 43.5 Å². The van der Waals surface area contributed by atoms with Gasteiger partial charge in [-0.3, -0.25) is 9.59 Å². The molecule has 0 saturated heterocycles. The molecule has 0 aliphatic rings. The Morgan fingerprint density at radius 1 is 0.459 bits per heavy atom. The third-order valence-electron chi connectivity index (χ3n) is 12.5. The molecule has 0 aromatic rings. The summed E-state index contributed by atoms with van der Waals surface area (Å²) in [6, 6.07) is -0.556. The molecule has 0 radical (unpaired) electrons. The topological polar surface area (TPSA) is 95.9 Å². The van der Waals surface area contributed by atoms with Gasteiger partial charge in [0.2, 0.25) is 5.91 Å². The Morgan fingerprint density at radius 3 is 1.26 bits per heavy atom. The molecule has 2 atom stereocenters. The van der Waals surface area contributed by atoms with Crippen LogP contribution in [0.25, 0.3) is 0 Å². The van der Waals surface area contributed by atoms with Crippen molar-refractivity contribution in [2.45, 2.75) is 302 Å². The summed E-state index contributed by atoms with van der Waals surface area (Å²) >= 11 is 0. The van der Waals surface area contributed by atoms with Crippen molar-refractivity contribution in [2.24, 2.45) is 0 Å². The molecular weight excluding hydrogens is 755 g/mol. The fraction of sp³-hybridized carbons (Fsp3) is 0.891. The van der Waals surface area contributed by atoms with Gasteiger partial charge in [-0.25, -0.2) is 0 Å². The quantitative estimate of drug-likeness (QED) is 0.0322. The molecule has 6 nitrogen and oxygen atoms in total. The van der Waals surface area contributed by atoms with Crippen molar-refractivity contribution >= 4 is 11.9 Å². The van der Waals surface area contributed by atoms with Crippen molar-refractivity contribution in [3.8, 4) is 0 Å². The van der Waals surface area contributed by atoms with Gasteiger partial charge in [0, 0.05) is 12.8 Å². The van der Waals surface area contributed by atoms with Gasteiger partial charge in [-0.05, 0) is 57.8 Å². The molecule has 0 aromatic heterocycles. The number of esters is 1. The summed E-state index contributed by atoms with van der Waals surface area (Å²) in [5.74, 6) is -0.0800. The van der Waals surface area contributed by atoms with E-state index < -0.39 is 12.1 Å². The van der Waals surface area contributed by atoms with E-state index >= 15 is 0 Å². The van der Waals surface area contributed by atoms with E-state index in [0.717, 1.165) is 70.6 Å². The highest BCUT2D eigenvalue weighted by Gasteiger charge is 2.20. The first kappa shape index (κ1) is 59.3. The number of unbranched alkanes of at least 4 members (excludes halogenated alkanes) is 35. The van der Waals surface area contributed by atoms with Crippen molar-refractivity contribution in [3.05, 3.63) is 24.3 Å². The van der Waals surface area contributed by atoms with Gasteiger partial charge in [-0.2, -0.15) is 0 Å². The van der Waals surface area contributed by atoms with E-state index in [-0.39, 0.29) is 18.5 Å². The van der Waals surface area contributed by atoms with Crippen LogP contribution in [0.1, 0.15) is 290 Å². The maximum atomic E-state index is 12.5. The van der Waals surface area contributed by atoms with Gasteiger partial charge in [0.15, 0.2) is 0 Å². The zero-order chi connectivity index (χ0) is 44.4. The van der Waals surface area contributed by atoms with Gasteiger partial charge in [0.25, 0.3) is 0 Å². The Kier molecular flexibility index (Phi) is 49.6. The van der Waals surface area contributed by atoms with E-state index in [0.29, 0.717) is 25.9 Å². The van der Waals surface area contributed by atoms with E-state index in [4.69, 9.17) is 4.74 Å². The summed E-state index contributed by atoms with van der Waals surface area (Å²) in [6.45, 7) is 4.90. The van der Waals surface area contributed by atoms with Crippen LogP contribution in [0.5, 0.6) is 0 Å². The number of nitrogens with one attached hydrogen (secondary N) is 1. The first-order chi connectivity index (χ1) is 30.0. The summed E-state index contributed by atoms with van der Waals surface area (Å²) < 4.78 is 5.46. The Morgan fingerprint density at radius 2 is 0.820 bits per heavy atom. The molecule has 0 aliphatic heterocycles. The fourth-order valence-corrected chi connectivity index (χ4v) is 8.32. The zero-order valence-corrected chi connectivity index (χ0v) is 40.9. The largest absolute Gasteiger partial charge is 0.466 e. The second kappa shape index (κ2) is 51.0. The maximum Gasteiger partial charge on any atom is 0.305 e. The van der Waals surface area contributed by atoms with Crippen LogP contribution in [0.3, 0.4) is 0 Å². The number of aliphatic hydroxyl groups is 2. The zero-order valence-electron chi connectivity index (χ0n) is 40.9. The number of aliphatic hydroxyl groups excluding tert-OH is 2. The predicted molar refractivity (Wildman–Crippen MR) is 264 cm³/mol. The lowest BCUT2D eigenvalue weighted by molar-refractivity contribution is -0.143. The molecule has 61 heavy (non-hydrogen) atoms. The first-order valence-electron chi connectivity index (χ1n) is 27.1. The molecule has 1 amide bonds. The molecule has 360 valence electrons. The highest BCUT2D eigenvalue weighted by molar-refractivity contribution is 5.76. The molecule has 0 aliphatic carbocycles. The number of ether oxygens (including phenoxy) is 1. The number of carbonyl (C=O) groups excluding carboxylic acids is 2. The Bertz CT molecular complexity index is 951. The molecule has 0 rings (SSSR count). The molecule has 2 unspecified atom stereocenters. The minimum absolute atomic E-state index is 0.0267. The molecule has 0 heterocycles. The number of amides is 1. The van der Waals surface area contributed by atoms with Crippen molar-refractivity contribution in [1.29, 1.82) is 0 Å². The number of allylic oxidation sites excluding steroid dienone is 4. The lowest BCUT2D eigenvalue weighted by Crippen LogP contribution is -2.45. The molecule has 3 N–H and O–H groups in total. The highest BCUT2D eigenvalue weighted by Crippen LogP contribution is 2.17.